The zero-order chi connectivity index (χ0) is 26.7. The Morgan fingerprint density at radius 3 is 2.45 bits per heavy atom. The van der Waals surface area contributed by atoms with Crippen LogP contribution < -0.4 is 19.5 Å². The van der Waals surface area contributed by atoms with Crippen molar-refractivity contribution in [2.24, 2.45) is 4.99 Å². The van der Waals surface area contributed by atoms with Gasteiger partial charge in [-0.1, -0.05) is 30.4 Å². The highest BCUT2D eigenvalue weighted by molar-refractivity contribution is 7.91. The van der Waals surface area contributed by atoms with Crippen molar-refractivity contribution in [3.8, 4) is 17.2 Å². The van der Waals surface area contributed by atoms with Crippen LogP contribution in [0.5, 0.6) is 17.2 Å². The number of ether oxygens (including phenoxy) is 3. The summed E-state index contributed by atoms with van der Waals surface area (Å²) in [6, 6.07) is 16.9. The molecule has 196 valence electrons. The number of amides is 1. The van der Waals surface area contributed by atoms with Crippen molar-refractivity contribution in [2.45, 2.75) is 17.9 Å². The Bertz CT molecular complexity index is 1550. The molecule has 0 spiro atoms. The fraction of sp³-hybridized carbons (Fsp3) is 0.222. The summed E-state index contributed by atoms with van der Waals surface area (Å²) < 4.78 is 42.8. The highest BCUT2D eigenvalue weighted by Gasteiger charge is 2.25. The number of fused-ring (bicyclic) bond motifs is 2. The zero-order valence-corrected chi connectivity index (χ0v) is 22.3. The van der Waals surface area contributed by atoms with Crippen LogP contribution in [0.2, 0.25) is 0 Å². The standard InChI is InChI=1S/C27H25N3O6S2/c1-3-38(32,33)20-10-6-18(7-11-20)25(36-19-8-4-17(5-9-19)16-28-2)26(31)30-27-29-21-14-22-23(15-24(21)37-27)35-13-12-34-22/h4-11,14-16,25H,3,12-13H2,1-2H3,(H,29,30,31). The molecule has 3 aromatic carbocycles. The maximum absolute atomic E-state index is 13.5. The molecule has 2 heterocycles. The van der Waals surface area contributed by atoms with Crippen LogP contribution in [-0.2, 0) is 14.6 Å². The Labute approximate surface area is 224 Å². The van der Waals surface area contributed by atoms with E-state index in [9.17, 15) is 13.2 Å². The number of rotatable bonds is 8. The first-order chi connectivity index (χ1) is 18.4. The van der Waals surface area contributed by atoms with Gasteiger partial charge >= 0.3 is 0 Å². The third kappa shape index (κ3) is 5.48. The first-order valence-electron chi connectivity index (χ1n) is 11.9. The van der Waals surface area contributed by atoms with Crippen molar-refractivity contribution in [3.05, 3.63) is 71.8 Å². The quantitative estimate of drug-likeness (QED) is 0.316. The van der Waals surface area contributed by atoms with Gasteiger partial charge in [-0.2, -0.15) is 0 Å². The Kier molecular flexibility index (Phi) is 7.30. The topological polar surface area (TPSA) is 116 Å². The Morgan fingerprint density at radius 2 is 1.79 bits per heavy atom. The summed E-state index contributed by atoms with van der Waals surface area (Å²) in [5, 5.41) is 3.24. The average molecular weight is 552 g/mol. The van der Waals surface area contributed by atoms with Crippen molar-refractivity contribution < 1.29 is 27.4 Å². The van der Waals surface area contributed by atoms with Gasteiger partial charge < -0.3 is 14.2 Å². The summed E-state index contributed by atoms with van der Waals surface area (Å²) in [4.78, 5) is 22.2. The van der Waals surface area contributed by atoms with Gasteiger partial charge in [0.25, 0.3) is 5.91 Å². The smallest absolute Gasteiger partial charge is 0.271 e. The first-order valence-corrected chi connectivity index (χ1v) is 14.4. The van der Waals surface area contributed by atoms with Gasteiger partial charge in [0.2, 0.25) is 6.10 Å². The van der Waals surface area contributed by atoms with Crippen LogP contribution in [0, 0.1) is 0 Å². The summed E-state index contributed by atoms with van der Waals surface area (Å²) in [7, 11) is -1.70. The minimum atomic E-state index is -3.38. The van der Waals surface area contributed by atoms with Crippen molar-refractivity contribution in [3.63, 3.8) is 0 Å². The summed E-state index contributed by atoms with van der Waals surface area (Å²) in [6.45, 7) is 2.53. The number of benzene rings is 3. The third-order valence-electron chi connectivity index (χ3n) is 5.85. The number of hydrogen-bond donors (Lipinski definition) is 1. The molecule has 1 N–H and O–H groups in total. The van der Waals surface area contributed by atoms with Gasteiger partial charge in [0.15, 0.2) is 26.5 Å². The molecule has 0 radical (unpaired) electrons. The van der Waals surface area contributed by atoms with Crippen LogP contribution in [-0.4, -0.2) is 51.5 Å². The number of carbonyl (C=O) groups excluding carboxylic acids is 1. The molecule has 0 aliphatic carbocycles. The molecule has 1 unspecified atom stereocenters. The van der Waals surface area contributed by atoms with Gasteiger partial charge in [-0.3, -0.25) is 15.1 Å². The molecule has 1 aliphatic rings. The van der Waals surface area contributed by atoms with E-state index in [0.29, 0.717) is 46.7 Å². The second kappa shape index (κ2) is 10.8. The highest BCUT2D eigenvalue weighted by Crippen LogP contribution is 2.38. The molecule has 11 heteroatoms. The Morgan fingerprint density at radius 1 is 1.11 bits per heavy atom. The average Bonchev–Trinajstić information content (AvgIpc) is 3.32. The zero-order valence-electron chi connectivity index (χ0n) is 20.7. The number of carbonyl (C=O) groups is 1. The van der Waals surface area contributed by atoms with Crippen LogP contribution in [0.15, 0.2) is 70.6 Å². The van der Waals surface area contributed by atoms with E-state index in [2.05, 4.69) is 15.3 Å². The number of thiazole rings is 1. The maximum Gasteiger partial charge on any atom is 0.271 e. The van der Waals surface area contributed by atoms with Gasteiger partial charge in [0, 0.05) is 31.0 Å². The molecule has 0 fully saturated rings. The summed E-state index contributed by atoms with van der Waals surface area (Å²) in [6.07, 6.45) is 0.646. The first kappa shape index (κ1) is 25.7. The molecule has 9 nitrogen and oxygen atoms in total. The summed E-state index contributed by atoms with van der Waals surface area (Å²) in [5.74, 6) is 1.26. The molecule has 1 amide bonds. The Hall–Kier alpha value is -3.96. The number of nitrogens with one attached hydrogen (secondary N) is 1. The van der Waals surface area contributed by atoms with E-state index >= 15 is 0 Å². The van der Waals surface area contributed by atoms with E-state index in [1.165, 1.54) is 23.5 Å². The van der Waals surface area contributed by atoms with Crippen molar-refractivity contribution >= 4 is 48.6 Å². The number of hydrogen-bond acceptors (Lipinski definition) is 9. The van der Waals surface area contributed by atoms with Gasteiger partial charge in [-0.15, -0.1) is 0 Å². The van der Waals surface area contributed by atoms with Crippen molar-refractivity contribution in [1.29, 1.82) is 0 Å². The third-order valence-corrected chi connectivity index (χ3v) is 8.54. The van der Waals surface area contributed by atoms with Crippen LogP contribution >= 0.6 is 11.3 Å². The van der Waals surface area contributed by atoms with E-state index in [0.717, 1.165) is 10.3 Å². The predicted octanol–water partition coefficient (Wildman–Crippen LogP) is 4.67. The van der Waals surface area contributed by atoms with Gasteiger partial charge in [-0.25, -0.2) is 13.4 Å². The lowest BCUT2D eigenvalue weighted by molar-refractivity contribution is -0.123. The normalized spacial score (nSPS) is 13.9. The Balaban J connectivity index is 1.44. The van der Waals surface area contributed by atoms with Crippen LogP contribution in [0.25, 0.3) is 10.2 Å². The van der Waals surface area contributed by atoms with E-state index in [1.54, 1.807) is 50.5 Å². The van der Waals surface area contributed by atoms with Gasteiger partial charge in [0.1, 0.15) is 19.0 Å². The lowest BCUT2D eigenvalue weighted by atomic mass is 10.1. The van der Waals surface area contributed by atoms with Crippen LogP contribution in [0.4, 0.5) is 5.13 Å². The molecular formula is C27H25N3O6S2. The number of anilines is 1. The fourth-order valence-corrected chi connectivity index (χ4v) is 5.66. The SMILES string of the molecule is CCS(=O)(=O)c1ccc(C(Oc2ccc(C=NC)cc2)C(=O)Nc2nc3cc4c(cc3s2)OCCO4)cc1. The van der Waals surface area contributed by atoms with E-state index < -0.39 is 21.8 Å². The summed E-state index contributed by atoms with van der Waals surface area (Å²) >= 11 is 1.31. The molecule has 1 aliphatic heterocycles. The minimum Gasteiger partial charge on any atom is -0.486 e. The fourth-order valence-electron chi connectivity index (χ4n) is 3.90. The number of nitrogens with zero attached hydrogens (tertiary/aromatic N) is 2. The van der Waals surface area contributed by atoms with E-state index in [1.807, 2.05) is 18.2 Å². The van der Waals surface area contributed by atoms with Crippen LogP contribution in [0.1, 0.15) is 24.2 Å². The number of aliphatic imine (C=N–C) groups is 1. The molecule has 38 heavy (non-hydrogen) atoms. The monoisotopic (exact) mass is 551 g/mol. The second-order valence-electron chi connectivity index (χ2n) is 8.40. The molecule has 5 rings (SSSR count). The van der Waals surface area contributed by atoms with Crippen molar-refractivity contribution in [2.75, 3.05) is 31.3 Å². The van der Waals surface area contributed by atoms with E-state index in [4.69, 9.17) is 14.2 Å². The molecule has 4 aromatic rings. The molecule has 0 saturated heterocycles. The largest absolute Gasteiger partial charge is 0.486 e. The van der Waals surface area contributed by atoms with Crippen LogP contribution in [0.3, 0.4) is 0 Å². The van der Waals surface area contributed by atoms with Crippen molar-refractivity contribution in [1.82, 2.24) is 4.98 Å². The molecule has 0 saturated carbocycles. The molecule has 0 bridgehead atoms. The lowest BCUT2D eigenvalue weighted by Gasteiger charge is -2.19. The lowest BCUT2D eigenvalue weighted by Crippen LogP contribution is -2.25. The summed E-state index contributed by atoms with van der Waals surface area (Å²) in [5.41, 5.74) is 2.06. The highest BCUT2D eigenvalue weighted by atomic mass is 32.2. The molecule has 1 atom stereocenters. The molecular weight excluding hydrogens is 526 g/mol. The minimum absolute atomic E-state index is 0.0166. The van der Waals surface area contributed by atoms with E-state index in [-0.39, 0.29) is 10.6 Å². The maximum atomic E-state index is 13.5. The van der Waals surface area contributed by atoms with Gasteiger partial charge in [0.05, 0.1) is 20.9 Å². The second-order valence-corrected chi connectivity index (χ2v) is 11.7. The number of aromatic nitrogens is 1. The van der Waals surface area contributed by atoms with Gasteiger partial charge in [-0.05, 0) is 42.0 Å². The molecule has 1 aromatic heterocycles. The number of sulfone groups is 1. The predicted molar refractivity (Wildman–Crippen MR) is 147 cm³/mol.